The first kappa shape index (κ1) is 12.8. The molecule has 1 aromatic rings. The van der Waals surface area contributed by atoms with Gasteiger partial charge in [-0.15, -0.1) is 0 Å². The van der Waals surface area contributed by atoms with Gasteiger partial charge in [0.15, 0.2) is 6.61 Å². The summed E-state index contributed by atoms with van der Waals surface area (Å²) in [6.07, 6.45) is 9.16. The fraction of sp³-hybridized carbons (Fsp3) is 0.429. The van der Waals surface area contributed by atoms with Crippen molar-refractivity contribution in [1.82, 2.24) is 9.97 Å². The molecule has 0 unspecified atom stereocenters. The van der Waals surface area contributed by atoms with E-state index in [2.05, 4.69) is 27.4 Å². The molecule has 0 radical (unpaired) electrons. The molecule has 104 valence electrons. The van der Waals surface area contributed by atoms with E-state index < -0.39 is 5.91 Å². The molecule has 20 heavy (non-hydrogen) atoms. The number of carbonyl (C=O) groups excluding carboxylic acids is 2. The van der Waals surface area contributed by atoms with Crippen molar-refractivity contribution < 1.29 is 14.3 Å². The monoisotopic (exact) mass is 273 g/mol. The molecule has 3 atom stereocenters. The van der Waals surface area contributed by atoms with Gasteiger partial charge in [0, 0.05) is 12.4 Å². The summed E-state index contributed by atoms with van der Waals surface area (Å²) in [5.41, 5.74) is 0. The third-order valence-electron chi connectivity index (χ3n) is 3.74. The number of amides is 1. The Morgan fingerprint density at radius 2 is 2.05 bits per heavy atom. The van der Waals surface area contributed by atoms with Crippen molar-refractivity contribution in [2.24, 2.45) is 17.8 Å². The molecule has 6 nitrogen and oxygen atoms in total. The maximum Gasteiger partial charge on any atom is 0.310 e. The van der Waals surface area contributed by atoms with E-state index in [0.29, 0.717) is 5.92 Å². The summed E-state index contributed by atoms with van der Waals surface area (Å²) in [5, 5.41) is 2.47. The predicted octanol–water partition coefficient (Wildman–Crippen LogP) is 1.17. The Morgan fingerprint density at radius 1 is 1.25 bits per heavy atom. The first-order valence-electron chi connectivity index (χ1n) is 6.64. The maximum absolute atomic E-state index is 11.9. The fourth-order valence-electron chi connectivity index (χ4n) is 2.82. The van der Waals surface area contributed by atoms with Crippen LogP contribution in [0.25, 0.3) is 0 Å². The van der Waals surface area contributed by atoms with Crippen molar-refractivity contribution in [2.45, 2.75) is 12.8 Å². The molecule has 1 heterocycles. The highest BCUT2D eigenvalue weighted by molar-refractivity contribution is 5.91. The average molecular weight is 273 g/mol. The number of hydrogen-bond donors (Lipinski definition) is 1. The number of nitrogens with one attached hydrogen (secondary N) is 1. The van der Waals surface area contributed by atoms with E-state index in [4.69, 9.17) is 4.74 Å². The molecular weight excluding hydrogens is 258 g/mol. The van der Waals surface area contributed by atoms with E-state index >= 15 is 0 Å². The molecular formula is C14H15N3O3. The van der Waals surface area contributed by atoms with E-state index in [9.17, 15) is 9.59 Å². The number of allylic oxidation sites excluding steroid dienone is 2. The van der Waals surface area contributed by atoms with Crippen molar-refractivity contribution in [3.63, 3.8) is 0 Å². The standard InChI is InChI=1S/C14H15N3O3/c18-12(17-14-15-4-1-5-16-14)8-20-13(19)11-7-9-2-3-10(11)6-9/h1-5,9-11H,6-8H2,(H,15,16,17,18)/t9-,10+,11-/m1/s1. The van der Waals surface area contributed by atoms with E-state index in [-0.39, 0.29) is 30.4 Å². The molecule has 3 rings (SSSR count). The molecule has 1 aromatic heterocycles. The number of aromatic nitrogens is 2. The highest BCUT2D eigenvalue weighted by Crippen LogP contribution is 2.43. The van der Waals surface area contributed by atoms with Crippen LogP contribution in [0.3, 0.4) is 0 Å². The van der Waals surface area contributed by atoms with Crippen LogP contribution in [0.4, 0.5) is 5.95 Å². The Bertz CT molecular complexity index is 544. The lowest BCUT2D eigenvalue weighted by molar-refractivity contribution is -0.152. The maximum atomic E-state index is 11.9. The van der Waals surface area contributed by atoms with Crippen molar-refractivity contribution in [3.8, 4) is 0 Å². The summed E-state index contributed by atoms with van der Waals surface area (Å²) in [4.78, 5) is 31.3. The quantitative estimate of drug-likeness (QED) is 0.658. The summed E-state index contributed by atoms with van der Waals surface area (Å²) in [6.45, 7) is -0.297. The Labute approximate surface area is 116 Å². The van der Waals surface area contributed by atoms with Gasteiger partial charge < -0.3 is 4.74 Å². The zero-order chi connectivity index (χ0) is 13.9. The minimum Gasteiger partial charge on any atom is -0.455 e. The van der Waals surface area contributed by atoms with Crippen LogP contribution in [-0.2, 0) is 14.3 Å². The van der Waals surface area contributed by atoms with Crippen molar-refractivity contribution in [3.05, 3.63) is 30.6 Å². The lowest BCUT2D eigenvalue weighted by Gasteiger charge is -2.16. The number of nitrogens with zero attached hydrogens (tertiary/aromatic N) is 2. The zero-order valence-electron chi connectivity index (χ0n) is 10.9. The van der Waals surface area contributed by atoms with Gasteiger partial charge in [0.1, 0.15) is 0 Å². The second-order valence-electron chi connectivity index (χ2n) is 5.12. The molecule has 0 spiro atoms. The molecule has 2 aliphatic rings. The van der Waals surface area contributed by atoms with Crippen LogP contribution < -0.4 is 5.32 Å². The highest BCUT2D eigenvalue weighted by Gasteiger charge is 2.40. The molecule has 0 aliphatic heterocycles. The first-order valence-corrected chi connectivity index (χ1v) is 6.64. The van der Waals surface area contributed by atoms with Crippen LogP contribution in [0.15, 0.2) is 30.6 Å². The van der Waals surface area contributed by atoms with Crippen LogP contribution >= 0.6 is 0 Å². The summed E-state index contributed by atoms with van der Waals surface area (Å²) < 4.78 is 5.07. The lowest BCUT2D eigenvalue weighted by Crippen LogP contribution is -2.27. The van der Waals surface area contributed by atoms with Gasteiger partial charge in [-0.25, -0.2) is 9.97 Å². The Balaban J connectivity index is 1.46. The van der Waals surface area contributed by atoms with Gasteiger partial charge in [-0.3, -0.25) is 14.9 Å². The van der Waals surface area contributed by atoms with Gasteiger partial charge in [0.25, 0.3) is 5.91 Å². The van der Waals surface area contributed by atoms with E-state index in [1.54, 1.807) is 6.07 Å². The van der Waals surface area contributed by atoms with Gasteiger partial charge in [-0.1, -0.05) is 12.2 Å². The number of anilines is 1. The number of ether oxygens (including phenoxy) is 1. The Morgan fingerprint density at radius 3 is 2.70 bits per heavy atom. The smallest absolute Gasteiger partial charge is 0.310 e. The Hall–Kier alpha value is -2.24. The second-order valence-corrected chi connectivity index (χ2v) is 5.12. The minimum absolute atomic E-state index is 0.0919. The number of hydrogen-bond acceptors (Lipinski definition) is 5. The molecule has 6 heteroatoms. The van der Waals surface area contributed by atoms with E-state index in [1.807, 2.05) is 0 Å². The normalized spacial score (nSPS) is 26.5. The molecule has 0 aromatic carbocycles. The third-order valence-corrected chi connectivity index (χ3v) is 3.74. The van der Waals surface area contributed by atoms with Gasteiger partial charge >= 0.3 is 5.97 Å². The summed E-state index contributed by atoms with van der Waals surface area (Å²) in [7, 11) is 0. The molecule has 1 saturated carbocycles. The van der Waals surface area contributed by atoms with Crippen LogP contribution in [0.1, 0.15) is 12.8 Å². The number of fused-ring (bicyclic) bond motifs is 2. The molecule has 1 amide bonds. The highest BCUT2D eigenvalue weighted by atomic mass is 16.5. The molecule has 2 bridgehead atoms. The van der Waals surface area contributed by atoms with Crippen LogP contribution in [0.5, 0.6) is 0 Å². The summed E-state index contributed by atoms with van der Waals surface area (Å²) in [6, 6.07) is 1.65. The topological polar surface area (TPSA) is 81.2 Å². The van der Waals surface area contributed by atoms with Crippen LogP contribution in [0, 0.1) is 17.8 Å². The average Bonchev–Trinajstić information content (AvgIpc) is 3.08. The minimum atomic E-state index is -0.428. The SMILES string of the molecule is O=C(COC(=O)[C@@H]1C[C@@H]2C=C[C@H]1C2)Nc1ncccn1. The molecule has 1 N–H and O–H groups in total. The van der Waals surface area contributed by atoms with Crippen molar-refractivity contribution in [1.29, 1.82) is 0 Å². The molecule has 1 fully saturated rings. The summed E-state index contributed by atoms with van der Waals surface area (Å²) >= 11 is 0. The van der Waals surface area contributed by atoms with E-state index in [0.717, 1.165) is 12.8 Å². The molecule has 2 aliphatic carbocycles. The predicted molar refractivity (Wildman–Crippen MR) is 70.5 cm³/mol. The lowest BCUT2D eigenvalue weighted by atomic mass is 9.94. The second kappa shape index (κ2) is 5.40. The van der Waals surface area contributed by atoms with Crippen LogP contribution in [0.2, 0.25) is 0 Å². The fourth-order valence-corrected chi connectivity index (χ4v) is 2.82. The summed E-state index contributed by atoms with van der Waals surface area (Å²) in [5.74, 6) is 0.188. The van der Waals surface area contributed by atoms with E-state index in [1.165, 1.54) is 12.4 Å². The number of carbonyl (C=O) groups is 2. The largest absolute Gasteiger partial charge is 0.455 e. The Kier molecular flexibility index (Phi) is 3.45. The van der Waals surface area contributed by atoms with Crippen molar-refractivity contribution in [2.75, 3.05) is 11.9 Å². The number of esters is 1. The van der Waals surface area contributed by atoms with Gasteiger partial charge in [-0.2, -0.15) is 0 Å². The number of rotatable bonds is 4. The van der Waals surface area contributed by atoms with Gasteiger partial charge in [-0.05, 0) is 30.7 Å². The van der Waals surface area contributed by atoms with Crippen LogP contribution in [-0.4, -0.2) is 28.5 Å². The third kappa shape index (κ3) is 2.68. The zero-order valence-corrected chi connectivity index (χ0v) is 10.9. The van der Waals surface area contributed by atoms with Gasteiger partial charge in [0.2, 0.25) is 5.95 Å². The first-order chi connectivity index (χ1) is 9.72. The molecule has 0 saturated heterocycles. The van der Waals surface area contributed by atoms with Gasteiger partial charge in [0.05, 0.1) is 5.92 Å². The van der Waals surface area contributed by atoms with Crippen molar-refractivity contribution >= 4 is 17.8 Å².